The highest BCUT2D eigenvalue weighted by Gasteiger charge is 2.08. The van der Waals surface area contributed by atoms with Crippen LogP contribution in [-0.4, -0.2) is 43.6 Å². The lowest BCUT2D eigenvalue weighted by molar-refractivity contribution is 0.411. The highest BCUT2D eigenvalue weighted by atomic mass is 127. The molecule has 2 aromatic rings. The van der Waals surface area contributed by atoms with E-state index >= 15 is 0 Å². The number of aromatic nitrogens is 1. The maximum atomic E-state index is 5.38. The van der Waals surface area contributed by atoms with Crippen molar-refractivity contribution in [3.63, 3.8) is 0 Å². The second kappa shape index (κ2) is 10.6. The summed E-state index contributed by atoms with van der Waals surface area (Å²) in [5, 5.41) is 6.59. The van der Waals surface area contributed by atoms with Crippen molar-refractivity contribution in [3.8, 4) is 5.75 Å². The maximum absolute atomic E-state index is 5.38. The highest BCUT2D eigenvalue weighted by molar-refractivity contribution is 14.0. The monoisotopic (exact) mass is 474 g/mol. The van der Waals surface area contributed by atoms with Crippen LogP contribution in [-0.2, 0) is 13.0 Å². The molecule has 0 saturated heterocycles. The van der Waals surface area contributed by atoms with Gasteiger partial charge in [0, 0.05) is 26.0 Å². The third-order valence-electron chi connectivity index (χ3n) is 3.81. The predicted octanol–water partition coefficient (Wildman–Crippen LogP) is 3.64. The summed E-state index contributed by atoms with van der Waals surface area (Å²) in [4.78, 5) is 10.9. The number of thiazole rings is 1. The van der Waals surface area contributed by atoms with Crippen LogP contribution in [0.5, 0.6) is 5.75 Å². The Morgan fingerprint density at radius 1 is 1.36 bits per heavy atom. The Kier molecular flexibility index (Phi) is 9.20. The minimum atomic E-state index is 0. The minimum Gasteiger partial charge on any atom is -0.496 e. The first-order valence-corrected chi connectivity index (χ1v) is 8.87. The molecule has 0 aliphatic rings. The van der Waals surface area contributed by atoms with Gasteiger partial charge in [-0.05, 0) is 37.5 Å². The van der Waals surface area contributed by atoms with E-state index in [0.717, 1.165) is 47.5 Å². The summed E-state index contributed by atoms with van der Waals surface area (Å²) in [6, 6.07) is 6.34. The van der Waals surface area contributed by atoms with Crippen molar-refractivity contribution in [1.29, 1.82) is 0 Å². The molecule has 2 rings (SSSR count). The number of aliphatic imine (C=N–C) groups is 1. The molecule has 0 amide bonds. The first-order valence-electron chi connectivity index (χ1n) is 7.99. The van der Waals surface area contributed by atoms with Crippen LogP contribution in [0, 0.1) is 13.8 Å². The van der Waals surface area contributed by atoms with Gasteiger partial charge in [-0.15, -0.1) is 35.3 Å². The lowest BCUT2D eigenvalue weighted by atomic mass is 10.1. The fraction of sp³-hybridized carbons (Fsp3) is 0.444. The summed E-state index contributed by atoms with van der Waals surface area (Å²) in [7, 11) is 5.54. The predicted molar refractivity (Wildman–Crippen MR) is 117 cm³/mol. The van der Waals surface area contributed by atoms with Gasteiger partial charge in [0.15, 0.2) is 5.96 Å². The molecule has 1 N–H and O–H groups in total. The molecule has 0 aliphatic heterocycles. The number of aryl methyl sites for hydroxylation is 2. The van der Waals surface area contributed by atoms with Crippen LogP contribution in [0.15, 0.2) is 28.6 Å². The Balaban J connectivity index is 0.00000312. The van der Waals surface area contributed by atoms with Gasteiger partial charge in [0.05, 0.1) is 24.4 Å². The molecule has 1 aromatic carbocycles. The fourth-order valence-corrected chi connectivity index (χ4v) is 3.13. The topological polar surface area (TPSA) is 49.8 Å². The Bertz CT molecular complexity index is 702. The second-order valence-electron chi connectivity index (χ2n) is 5.74. The quantitative estimate of drug-likeness (QED) is 0.395. The summed E-state index contributed by atoms with van der Waals surface area (Å²) in [6.07, 6.45) is 0.916. The lowest BCUT2D eigenvalue weighted by Gasteiger charge is -2.21. The van der Waals surface area contributed by atoms with Gasteiger partial charge in [-0.2, -0.15) is 0 Å². The van der Waals surface area contributed by atoms with E-state index in [0.29, 0.717) is 0 Å². The molecule has 25 heavy (non-hydrogen) atoms. The molecular formula is C18H27IN4OS. The average molecular weight is 474 g/mol. The molecule has 0 radical (unpaired) electrons. The van der Waals surface area contributed by atoms with Gasteiger partial charge in [-0.1, -0.05) is 12.1 Å². The van der Waals surface area contributed by atoms with Crippen molar-refractivity contribution in [3.05, 3.63) is 45.4 Å². The van der Waals surface area contributed by atoms with E-state index in [2.05, 4.69) is 50.7 Å². The number of hydrogen-bond acceptors (Lipinski definition) is 4. The van der Waals surface area contributed by atoms with Gasteiger partial charge in [0.2, 0.25) is 0 Å². The Hall–Kier alpha value is -1.35. The zero-order valence-electron chi connectivity index (χ0n) is 15.5. The van der Waals surface area contributed by atoms with Gasteiger partial charge >= 0.3 is 0 Å². The van der Waals surface area contributed by atoms with Crippen LogP contribution in [0.1, 0.15) is 21.8 Å². The average Bonchev–Trinajstić information content (AvgIpc) is 2.97. The summed E-state index contributed by atoms with van der Waals surface area (Å²) in [5.74, 6) is 1.81. The van der Waals surface area contributed by atoms with E-state index in [-0.39, 0.29) is 24.0 Å². The number of benzene rings is 1. The van der Waals surface area contributed by atoms with Crippen LogP contribution in [0.4, 0.5) is 0 Å². The summed E-state index contributed by atoms with van der Waals surface area (Å²) < 4.78 is 5.38. The first kappa shape index (κ1) is 21.7. The number of rotatable bonds is 6. The van der Waals surface area contributed by atoms with Crippen LogP contribution >= 0.6 is 35.3 Å². The smallest absolute Gasteiger partial charge is 0.193 e. The molecule has 138 valence electrons. The fourth-order valence-electron chi connectivity index (χ4n) is 2.52. The van der Waals surface area contributed by atoms with E-state index in [1.54, 1.807) is 25.5 Å². The van der Waals surface area contributed by atoms with Gasteiger partial charge in [-0.25, -0.2) is 4.98 Å². The van der Waals surface area contributed by atoms with Crippen molar-refractivity contribution >= 4 is 41.3 Å². The number of hydrogen-bond donors (Lipinski definition) is 1. The Morgan fingerprint density at radius 3 is 2.72 bits per heavy atom. The standard InChI is InChI=1S/C18H26N4OS.HI/c1-13-6-7-15(10-17(13)23-5)8-9-20-18(19-3)22(4)11-16-12-24-14(2)21-16;/h6-7,10,12H,8-9,11H2,1-5H3,(H,19,20);1H. The number of nitrogens with zero attached hydrogens (tertiary/aromatic N) is 3. The summed E-state index contributed by atoms with van der Waals surface area (Å²) in [6.45, 7) is 5.65. The molecule has 0 atom stereocenters. The molecule has 0 spiro atoms. The van der Waals surface area contributed by atoms with Gasteiger partial charge in [-0.3, -0.25) is 4.99 Å². The van der Waals surface area contributed by atoms with Crippen LogP contribution in [0.2, 0.25) is 0 Å². The molecule has 0 aliphatic carbocycles. The van der Waals surface area contributed by atoms with E-state index < -0.39 is 0 Å². The largest absolute Gasteiger partial charge is 0.496 e. The molecule has 0 bridgehead atoms. The van der Waals surface area contributed by atoms with Crippen LogP contribution in [0.25, 0.3) is 0 Å². The SMILES string of the molecule is CN=C(NCCc1ccc(C)c(OC)c1)N(C)Cc1csc(C)n1.I. The summed E-state index contributed by atoms with van der Waals surface area (Å²) >= 11 is 1.68. The third kappa shape index (κ3) is 6.47. The van der Waals surface area contributed by atoms with E-state index in [1.165, 1.54) is 5.56 Å². The minimum absolute atomic E-state index is 0. The van der Waals surface area contributed by atoms with Crippen molar-refractivity contribution in [2.24, 2.45) is 4.99 Å². The number of nitrogens with one attached hydrogen (secondary N) is 1. The number of ether oxygens (including phenoxy) is 1. The molecule has 0 saturated carbocycles. The highest BCUT2D eigenvalue weighted by Crippen LogP contribution is 2.19. The second-order valence-corrected chi connectivity index (χ2v) is 6.80. The molecular weight excluding hydrogens is 447 g/mol. The molecule has 0 unspecified atom stereocenters. The van der Waals surface area contributed by atoms with Crippen molar-refractivity contribution in [1.82, 2.24) is 15.2 Å². The molecule has 7 heteroatoms. The van der Waals surface area contributed by atoms with Gasteiger partial charge < -0.3 is 15.0 Å². The molecule has 1 heterocycles. The zero-order valence-corrected chi connectivity index (χ0v) is 18.6. The van der Waals surface area contributed by atoms with Crippen molar-refractivity contribution in [2.75, 3.05) is 27.7 Å². The first-order chi connectivity index (χ1) is 11.5. The van der Waals surface area contributed by atoms with Crippen molar-refractivity contribution in [2.45, 2.75) is 26.8 Å². The normalized spacial score (nSPS) is 11.0. The van der Waals surface area contributed by atoms with E-state index in [4.69, 9.17) is 4.74 Å². The molecule has 0 fully saturated rings. The van der Waals surface area contributed by atoms with Crippen molar-refractivity contribution < 1.29 is 4.74 Å². The number of methoxy groups -OCH3 is 1. The zero-order chi connectivity index (χ0) is 17.5. The van der Waals surface area contributed by atoms with E-state index in [9.17, 15) is 0 Å². The number of guanidine groups is 1. The Labute approximate surface area is 171 Å². The summed E-state index contributed by atoms with van der Waals surface area (Å²) in [5.41, 5.74) is 3.48. The molecule has 1 aromatic heterocycles. The third-order valence-corrected chi connectivity index (χ3v) is 4.63. The maximum Gasteiger partial charge on any atom is 0.193 e. The van der Waals surface area contributed by atoms with Gasteiger partial charge in [0.25, 0.3) is 0 Å². The lowest BCUT2D eigenvalue weighted by Crippen LogP contribution is -2.39. The molecule has 5 nitrogen and oxygen atoms in total. The van der Waals surface area contributed by atoms with Crippen LogP contribution in [0.3, 0.4) is 0 Å². The van der Waals surface area contributed by atoms with Crippen LogP contribution < -0.4 is 10.1 Å². The van der Waals surface area contributed by atoms with E-state index in [1.807, 2.05) is 14.0 Å². The number of halogens is 1. The Morgan fingerprint density at radius 2 is 2.12 bits per heavy atom. The van der Waals surface area contributed by atoms with Gasteiger partial charge in [0.1, 0.15) is 5.75 Å².